The van der Waals surface area contributed by atoms with E-state index in [1.165, 1.54) is 36.6 Å². The zero-order valence-electron chi connectivity index (χ0n) is 13.8. The lowest BCUT2D eigenvalue weighted by molar-refractivity contribution is 0.102. The predicted molar refractivity (Wildman–Crippen MR) is 93.3 cm³/mol. The van der Waals surface area contributed by atoms with Crippen molar-refractivity contribution in [3.63, 3.8) is 0 Å². The highest BCUT2D eigenvalue weighted by Crippen LogP contribution is 2.26. The van der Waals surface area contributed by atoms with Crippen LogP contribution < -0.4 is 14.8 Å². The number of benzene rings is 1. The fourth-order valence-corrected chi connectivity index (χ4v) is 4.11. The summed E-state index contributed by atoms with van der Waals surface area (Å²) in [5, 5.41) is 4.92. The van der Waals surface area contributed by atoms with E-state index in [1.807, 2.05) is 12.3 Å². The van der Waals surface area contributed by atoms with Crippen LogP contribution in [-0.4, -0.2) is 32.5 Å². The summed E-state index contributed by atoms with van der Waals surface area (Å²) >= 11 is 1.30. The van der Waals surface area contributed by atoms with Gasteiger partial charge < -0.3 is 4.74 Å². The highest BCUT2D eigenvalue weighted by Gasteiger charge is 2.22. The summed E-state index contributed by atoms with van der Waals surface area (Å²) in [6, 6.07) is 3.97. The number of nitrogens with zero attached hydrogens (tertiary/aromatic N) is 1. The first-order chi connectivity index (χ1) is 11.2. The molecule has 0 bridgehead atoms. The van der Waals surface area contributed by atoms with Crippen LogP contribution in [0, 0.1) is 6.92 Å². The third-order valence-corrected chi connectivity index (χ3v) is 5.50. The second-order valence-electron chi connectivity index (χ2n) is 5.39. The smallest absolute Gasteiger partial charge is 0.257 e. The number of hydrogen-bond acceptors (Lipinski definition) is 6. The first-order valence-electron chi connectivity index (χ1n) is 7.17. The van der Waals surface area contributed by atoms with Crippen LogP contribution in [0.1, 0.15) is 29.9 Å². The SMILES string of the molecule is COc1ccc(C(=O)Nc2nc(C)cs2)cc1S(=O)(=O)NC(C)C. The molecule has 130 valence electrons. The lowest BCUT2D eigenvalue weighted by Gasteiger charge is -2.14. The summed E-state index contributed by atoms with van der Waals surface area (Å²) in [4.78, 5) is 16.4. The molecule has 0 unspecified atom stereocenters. The van der Waals surface area contributed by atoms with E-state index in [0.29, 0.717) is 5.13 Å². The summed E-state index contributed by atoms with van der Waals surface area (Å²) in [6.45, 7) is 5.25. The van der Waals surface area contributed by atoms with E-state index in [9.17, 15) is 13.2 Å². The van der Waals surface area contributed by atoms with Crippen molar-refractivity contribution in [2.75, 3.05) is 12.4 Å². The zero-order chi connectivity index (χ0) is 17.9. The standard InChI is InChI=1S/C15H19N3O4S2/c1-9(2)18-24(20,21)13-7-11(5-6-12(13)22-4)14(19)17-15-16-10(3)8-23-15/h5-9,18H,1-4H3,(H,16,17,19). The quantitative estimate of drug-likeness (QED) is 0.815. The first kappa shape index (κ1) is 18.4. The Morgan fingerprint density at radius 3 is 2.58 bits per heavy atom. The van der Waals surface area contributed by atoms with Gasteiger partial charge in [0.15, 0.2) is 5.13 Å². The fraction of sp³-hybridized carbons (Fsp3) is 0.333. The summed E-state index contributed by atoms with van der Waals surface area (Å²) in [5.41, 5.74) is 1.00. The van der Waals surface area contributed by atoms with Crippen LogP contribution in [0.2, 0.25) is 0 Å². The van der Waals surface area contributed by atoms with Gasteiger partial charge in [0.2, 0.25) is 10.0 Å². The number of nitrogens with one attached hydrogen (secondary N) is 2. The van der Waals surface area contributed by atoms with Crippen molar-refractivity contribution in [3.05, 3.63) is 34.8 Å². The van der Waals surface area contributed by atoms with Gasteiger partial charge in [0.25, 0.3) is 5.91 Å². The molecule has 0 saturated carbocycles. The summed E-state index contributed by atoms with van der Waals surface area (Å²) in [6.07, 6.45) is 0. The van der Waals surface area contributed by atoms with Crippen molar-refractivity contribution >= 4 is 32.4 Å². The summed E-state index contributed by atoms with van der Waals surface area (Å²) in [5.74, 6) is -0.266. The highest BCUT2D eigenvalue weighted by atomic mass is 32.2. The van der Waals surface area contributed by atoms with Gasteiger partial charge in [-0.25, -0.2) is 18.1 Å². The molecule has 0 aliphatic rings. The Hall–Kier alpha value is -1.97. The molecule has 0 aliphatic heterocycles. The Balaban J connectivity index is 2.35. The average molecular weight is 369 g/mol. The number of ether oxygens (including phenoxy) is 1. The van der Waals surface area contributed by atoms with Crippen molar-refractivity contribution in [1.29, 1.82) is 0 Å². The Kier molecular flexibility index (Phi) is 5.58. The summed E-state index contributed by atoms with van der Waals surface area (Å²) in [7, 11) is -2.42. The minimum Gasteiger partial charge on any atom is -0.495 e. The van der Waals surface area contributed by atoms with E-state index in [-0.39, 0.29) is 22.3 Å². The van der Waals surface area contributed by atoms with Crippen LogP contribution in [0.4, 0.5) is 5.13 Å². The first-order valence-corrected chi connectivity index (χ1v) is 9.53. The number of thiazole rings is 1. The van der Waals surface area contributed by atoms with E-state index in [1.54, 1.807) is 13.8 Å². The minimum atomic E-state index is -3.80. The predicted octanol–water partition coefficient (Wildman–Crippen LogP) is 2.40. The van der Waals surface area contributed by atoms with E-state index < -0.39 is 15.9 Å². The van der Waals surface area contributed by atoms with Crippen molar-refractivity contribution in [3.8, 4) is 5.75 Å². The Bertz CT molecular complexity index is 844. The maximum atomic E-state index is 12.4. The van der Waals surface area contributed by atoms with Crippen LogP contribution in [-0.2, 0) is 10.0 Å². The van der Waals surface area contributed by atoms with E-state index >= 15 is 0 Å². The molecular weight excluding hydrogens is 350 g/mol. The topological polar surface area (TPSA) is 97.4 Å². The van der Waals surface area contributed by atoms with Crippen LogP contribution in [0.25, 0.3) is 0 Å². The average Bonchev–Trinajstić information content (AvgIpc) is 2.90. The number of sulfonamides is 1. The van der Waals surface area contributed by atoms with Gasteiger partial charge in [-0.15, -0.1) is 11.3 Å². The molecule has 1 heterocycles. The van der Waals surface area contributed by atoms with Gasteiger partial charge >= 0.3 is 0 Å². The Morgan fingerprint density at radius 2 is 2.04 bits per heavy atom. The molecule has 9 heteroatoms. The Morgan fingerprint density at radius 1 is 1.33 bits per heavy atom. The van der Waals surface area contributed by atoms with Crippen LogP contribution in [0.3, 0.4) is 0 Å². The maximum Gasteiger partial charge on any atom is 0.257 e. The molecule has 24 heavy (non-hydrogen) atoms. The third-order valence-electron chi connectivity index (χ3n) is 2.95. The number of aromatic nitrogens is 1. The molecule has 0 aliphatic carbocycles. The molecule has 1 aromatic carbocycles. The van der Waals surface area contributed by atoms with Gasteiger partial charge in [-0.2, -0.15) is 0 Å². The van der Waals surface area contributed by atoms with Gasteiger partial charge in [-0.3, -0.25) is 10.1 Å². The number of methoxy groups -OCH3 is 1. The molecule has 0 saturated heterocycles. The number of carbonyl (C=O) groups is 1. The minimum absolute atomic E-state index is 0.0818. The fourth-order valence-electron chi connectivity index (χ4n) is 1.98. The molecule has 0 fully saturated rings. The number of rotatable bonds is 6. The molecule has 0 atom stereocenters. The molecule has 0 spiro atoms. The lowest BCUT2D eigenvalue weighted by Crippen LogP contribution is -2.30. The molecule has 0 radical (unpaired) electrons. The second kappa shape index (κ2) is 7.29. The van der Waals surface area contributed by atoms with Crippen molar-refractivity contribution in [2.45, 2.75) is 31.7 Å². The lowest BCUT2D eigenvalue weighted by atomic mass is 10.2. The van der Waals surface area contributed by atoms with Crippen molar-refractivity contribution < 1.29 is 17.9 Å². The number of carbonyl (C=O) groups excluding carboxylic acids is 1. The molecule has 1 amide bonds. The van der Waals surface area contributed by atoms with Crippen molar-refractivity contribution in [2.24, 2.45) is 0 Å². The number of anilines is 1. The van der Waals surface area contributed by atoms with Crippen LogP contribution in [0.5, 0.6) is 5.75 Å². The molecular formula is C15H19N3O4S2. The van der Waals surface area contributed by atoms with Gasteiger partial charge in [0, 0.05) is 17.0 Å². The number of aryl methyl sites for hydroxylation is 1. The molecule has 7 nitrogen and oxygen atoms in total. The highest BCUT2D eigenvalue weighted by molar-refractivity contribution is 7.89. The maximum absolute atomic E-state index is 12.4. The van der Waals surface area contributed by atoms with Crippen molar-refractivity contribution in [1.82, 2.24) is 9.71 Å². The normalized spacial score (nSPS) is 11.5. The molecule has 2 aromatic rings. The largest absolute Gasteiger partial charge is 0.495 e. The zero-order valence-corrected chi connectivity index (χ0v) is 15.4. The van der Waals surface area contributed by atoms with E-state index in [0.717, 1.165) is 5.69 Å². The number of amides is 1. The third kappa shape index (κ3) is 4.31. The van der Waals surface area contributed by atoms with Gasteiger partial charge in [-0.1, -0.05) is 0 Å². The molecule has 2 N–H and O–H groups in total. The monoisotopic (exact) mass is 369 g/mol. The van der Waals surface area contributed by atoms with E-state index in [2.05, 4.69) is 15.0 Å². The summed E-state index contributed by atoms with van der Waals surface area (Å²) < 4.78 is 32.4. The van der Waals surface area contributed by atoms with Gasteiger partial charge in [0.1, 0.15) is 10.6 Å². The Labute approximate surface area is 145 Å². The van der Waals surface area contributed by atoms with Crippen LogP contribution in [0.15, 0.2) is 28.5 Å². The van der Waals surface area contributed by atoms with Crippen LogP contribution >= 0.6 is 11.3 Å². The molecule has 1 aromatic heterocycles. The van der Waals surface area contributed by atoms with Gasteiger partial charge in [0.05, 0.1) is 12.8 Å². The number of hydrogen-bond donors (Lipinski definition) is 2. The molecule has 2 rings (SSSR count). The van der Waals surface area contributed by atoms with E-state index in [4.69, 9.17) is 4.74 Å². The van der Waals surface area contributed by atoms with Gasteiger partial charge in [-0.05, 0) is 39.0 Å². The second-order valence-corrected chi connectivity index (χ2v) is 7.93.